The zero-order valence-electron chi connectivity index (χ0n) is 9.12. The van der Waals surface area contributed by atoms with Gasteiger partial charge < -0.3 is 10.1 Å². The van der Waals surface area contributed by atoms with Gasteiger partial charge in [-0.05, 0) is 30.9 Å². The van der Waals surface area contributed by atoms with E-state index >= 15 is 0 Å². The molecule has 1 fully saturated rings. The minimum absolute atomic E-state index is 0.295. The molecule has 1 aromatic carbocycles. The molecule has 0 saturated carbocycles. The van der Waals surface area contributed by atoms with Crippen molar-refractivity contribution in [3.05, 3.63) is 34.9 Å². The van der Waals surface area contributed by atoms with E-state index in [9.17, 15) is 0 Å². The van der Waals surface area contributed by atoms with Crippen molar-refractivity contribution in [2.75, 3.05) is 13.2 Å². The highest BCUT2D eigenvalue weighted by Crippen LogP contribution is 2.34. The van der Waals surface area contributed by atoms with Crippen LogP contribution in [0.15, 0.2) is 18.2 Å². The fourth-order valence-electron chi connectivity index (χ4n) is 2.75. The Labute approximate surface area is 90.6 Å². The largest absolute Gasteiger partial charge is 0.371 e. The zero-order valence-corrected chi connectivity index (χ0v) is 9.12. The first kappa shape index (κ1) is 9.37. The summed E-state index contributed by atoms with van der Waals surface area (Å²) in [7, 11) is 0. The van der Waals surface area contributed by atoms with Crippen molar-refractivity contribution in [1.82, 2.24) is 5.32 Å². The molecule has 2 unspecified atom stereocenters. The molecule has 1 aliphatic carbocycles. The molecule has 1 N–H and O–H groups in total. The monoisotopic (exact) mass is 203 g/mol. The van der Waals surface area contributed by atoms with Crippen LogP contribution in [0.3, 0.4) is 0 Å². The van der Waals surface area contributed by atoms with Crippen LogP contribution < -0.4 is 5.32 Å². The van der Waals surface area contributed by atoms with Crippen LogP contribution >= 0.6 is 0 Å². The summed E-state index contributed by atoms with van der Waals surface area (Å²) in [5.41, 5.74) is 4.25. The molecule has 1 heterocycles. The van der Waals surface area contributed by atoms with Gasteiger partial charge >= 0.3 is 0 Å². The van der Waals surface area contributed by atoms with E-state index in [1.807, 2.05) is 0 Å². The van der Waals surface area contributed by atoms with E-state index in [-0.39, 0.29) is 0 Å². The number of morpholine rings is 1. The lowest BCUT2D eigenvalue weighted by atomic mass is 9.84. The molecule has 0 radical (unpaired) electrons. The van der Waals surface area contributed by atoms with Crippen molar-refractivity contribution in [3.8, 4) is 0 Å². The summed E-state index contributed by atoms with van der Waals surface area (Å²) in [5, 5.41) is 3.55. The van der Waals surface area contributed by atoms with Crippen molar-refractivity contribution < 1.29 is 4.74 Å². The van der Waals surface area contributed by atoms with Crippen molar-refractivity contribution in [2.45, 2.75) is 31.9 Å². The molecule has 1 saturated heterocycles. The molecule has 2 atom stereocenters. The molecular formula is C13H17NO. The van der Waals surface area contributed by atoms with E-state index in [1.54, 1.807) is 0 Å². The van der Waals surface area contributed by atoms with Crippen molar-refractivity contribution >= 4 is 0 Å². The van der Waals surface area contributed by atoms with Crippen molar-refractivity contribution in [1.29, 1.82) is 0 Å². The Balaban J connectivity index is 1.99. The van der Waals surface area contributed by atoms with E-state index < -0.39 is 0 Å². The van der Waals surface area contributed by atoms with Crippen LogP contribution in [-0.2, 0) is 11.2 Å². The summed E-state index contributed by atoms with van der Waals surface area (Å²) in [6.07, 6.45) is 2.69. The van der Waals surface area contributed by atoms with Crippen LogP contribution in [0.2, 0.25) is 0 Å². The number of benzene rings is 1. The summed E-state index contributed by atoms with van der Waals surface area (Å²) in [5.74, 6) is 0. The topological polar surface area (TPSA) is 21.3 Å². The van der Waals surface area contributed by atoms with E-state index in [0.29, 0.717) is 12.1 Å². The maximum Gasteiger partial charge on any atom is 0.0981 e. The lowest BCUT2D eigenvalue weighted by Gasteiger charge is -2.37. The Morgan fingerprint density at radius 3 is 3.27 bits per heavy atom. The van der Waals surface area contributed by atoms with Gasteiger partial charge in [0.2, 0.25) is 0 Å². The highest BCUT2D eigenvalue weighted by molar-refractivity contribution is 5.36. The maximum absolute atomic E-state index is 5.89. The molecule has 0 aromatic heterocycles. The van der Waals surface area contributed by atoms with Gasteiger partial charge in [-0.15, -0.1) is 0 Å². The highest BCUT2D eigenvalue weighted by Gasteiger charge is 2.32. The van der Waals surface area contributed by atoms with Crippen LogP contribution in [0.5, 0.6) is 0 Å². The molecule has 2 aliphatic rings. The first-order valence-corrected chi connectivity index (χ1v) is 5.79. The summed E-state index contributed by atoms with van der Waals surface area (Å²) in [6.45, 7) is 4.00. The average molecular weight is 203 g/mol. The van der Waals surface area contributed by atoms with Gasteiger partial charge in [0.1, 0.15) is 0 Å². The summed E-state index contributed by atoms with van der Waals surface area (Å²) >= 11 is 0. The Hall–Kier alpha value is -0.860. The standard InChI is InChI=1S/C13H17NO/c1-9-2-4-11-10(8-9)3-5-12-13(11)15-7-6-14-12/h2,4,8,12-14H,3,5-7H2,1H3. The predicted molar refractivity (Wildman–Crippen MR) is 60.0 cm³/mol. The van der Waals surface area contributed by atoms with Gasteiger partial charge in [0.05, 0.1) is 12.7 Å². The fraction of sp³-hybridized carbons (Fsp3) is 0.538. The van der Waals surface area contributed by atoms with Crippen LogP contribution in [0.1, 0.15) is 29.2 Å². The fourth-order valence-corrected chi connectivity index (χ4v) is 2.75. The molecule has 0 amide bonds. The summed E-state index contributed by atoms with van der Waals surface area (Å²) in [6, 6.07) is 7.28. The van der Waals surface area contributed by atoms with Gasteiger partial charge in [0, 0.05) is 12.6 Å². The minimum atomic E-state index is 0.295. The predicted octanol–water partition coefficient (Wildman–Crippen LogP) is 1.97. The van der Waals surface area contributed by atoms with E-state index in [0.717, 1.165) is 13.2 Å². The average Bonchev–Trinajstić information content (AvgIpc) is 2.28. The summed E-state index contributed by atoms with van der Waals surface area (Å²) < 4.78 is 5.89. The molecule has 80 valence electrons. The van der Waals surface area contributed by atoms with E-state index in [4.69, 9.17) is 4.74 Å². The van der Waals surface area contributed by atoms with Gasteiger partial charge in [0.25, 0.3) is 0 Å². The number of ether oxygens (including phenoxy) is 1. The Kier molecular flexibility index (Phi) is 2.26. The SMILES string of the molecule is Cc1ccc2c(c1)CCC1NCCOC21. The quantitative estimate of drug-likeness (QED) is 0.696. The number of hydrogen-bond donors (Lipinski definition) is 1. The third-order valence-electron chi connectivity index (χ3n) is 3.50. The molecule has 15 heavy (non-hydrogen) atoms. The molecule has 1 aliphatic heterocycles. The lowest BCUT2D eigenvalue weighted by Crippen LogP contribution is -2.45. The zero-order chi connectivity index (χ0) is 10.3. The summed E-state index contributed by atoms with van der Waals surface area (Å²) in [4.78, 5) is 0. The Bertz CT molecular complexity index is 375. The van der Waals surface area contributed by atoms with Gasteiger partial charge in [-0.2, -0.15) is 0 Å². The molecule has 3 rings (SSSR count). The van der Waals surface area contributed by atoms with Gasteiger partial charge in [-0.1, -0.05) is 23.8 Å². The third kappa shape index (κ3) is 1.58. The molecule has 0 spiro atoms. The van der Waals surface area contributed by atoms with Crippen LogP contribution in [0, 0.1) is 6.92 Å². The second kappa shape index (κ2) is 3.62. The first-order chi connectivity index (χ1) is 7.34. The molecule has 2 nitrogen and oxygen atoms in total. The molecular weight excluding hydrogens is 186 g/mol. The number of aryl methyl sites for hydroxylation is 2. The van der Waals surface area contributed by atoms with Crippen molar-refractivity contribution in [2.24, 2.45) is 0 Å². The second-order valence-corrected chi connectivity index (χ2v) is 4.59. The van der Waals surface area contributed by atoms with Gasteiger partial charge in [-0.3, -0.25) is 0 Å². The van der Waals surface area contributed by atoms with Crippen molar-refractivity contribution in [3.63, 3.8) is 0 Å². The second-order valence-electron chi connectivity index (χ2n) is 4.59. The lowest BCUT2D eigenvalue weighted by molar-refractivity contribution is -0.0127. The number of hydrogen-bond acceptors (Lipinski definition) is 2. The van der Waals surface area contributed by atoms with Crippen LogP contribution in [0.25, 0.3) is 0 Å². The number of rotatable bonds is 0. The smallest absolute Gasteiger partial charge is 0.0981 e. The van der Waals surface area contributed by atoms with Crippen LogP contribution in [0.4, 0.5) is 0 Å². The minimum Gasteiger partial charge on any atom is -0.371 e. The maximum atomic E-state index is 5.89. The van der Waals surface area contributed by atoms with Gasteiger partial charge in [0.15, 0.2) is 0 Å². The first-order valence-electron chi connectivity index (χ1n) is 5.79. The highest BCUT2D eigenvalue weighted by atomic mass is 16.5. The van der Waals surface area contributed by atoms with E-state index in [2.05, 4.69) is 30.4 Å². The van der Waals surface area contributed by atoms with Gasteiger partial charge in [-0.25, -0.2) is 0 Å². The molecule has 1 aromatic rings. The van der Waals surface area contributed by atoms with E-state index in [1.165, 1.54) is 29.5 Å². The molecule has 0 bridgehead atoms. The number of nitrogens with one attached hydrogen (secondary N) is 1. The number of fused-ring (bicyclic) bond motifs is 3. The Morgan fingerprint density at radius 1 is 1.40 bits per heavy atom. The van der Waals surface area contributed by atoms with Crippen LogP contribution in [-0.4, -0.2) is 19.2 Å². The molecule has 2 heteroatoms. The Morgan fingerprint density at radius 2 is 2.33 bits per heavy atom. The third-order valence-corrected chi connectivity index (χ3v) is 3.50. The normalized spacial score (nSPS) is 29.4.